The number of carbonyl (C=O) groups excluding carboxylic acids is 2. The first kappa shape index (κ1) is 23.8. The fourth-order valence-electron chi connectivity index (χ4n) is 4.30. The lowest BCUT2D eigenvalue weighted by molar-refractivity contribution is -0.119. The molecule has 6 heteroatoms. The molecular formula is C26H34FN3O2. The van der Waals surface area contributed by atoms with Crippen molar-refractivity contribution in [3.8, 4) is 0 Å². The maximum atomic E-state index is 13.3. The van der Waals surface area contributed by atoms with E-state index in [0.717, 1.165) is 42.6 Å². The van der Waals surface area contributed by atoms with Crippen LogP contribution in [0.25, 0.3) is 0 Å². The maximum absolute atomic E-state index is 13.3. The third-order valence-electron chi connectivity index (χ3n) is 5.88. The van der Waals surface area contributed by atoms with Crippen molar-refractivity contribution < 1.29 is 14.0 Å². The Morgan fingerprint density at radius 1 is 1.06 bits per heavy atom. The van der Waals surface area contributed by atoms with E-state index in [2.05, 4.69) is 19.2 Å². The predicted molar refractivity (Wildman–Crippen MR) is 127 cm³/mol. The molecule has 0 unspecified atom stereocenters. The standard InChI is InChI=1S/C26H34FN3O2/c1-18(2)16-30(26(32)20-9-11-22(27)12-10-20)17-21-15-23(13-14-24(21)29(3)4)28-25(31)19-7-5-6-8-19/h9-15,18-19H,5-8,16-17H2,1-4H3,(H,28,31). The Morgan fingerprint density at radius 3 is 2.31 bits per heavy atom. The van der Waals surface area contributed by atoms with E-state index >= 15 is 0 Å². The highest BCUT2D eigenvalue weighted by molar-refractivity contribution is 5.95. The molecule has 172 valence electrons. The van der Waals surface area contributed by atoms with Gasteiger partial charge < -0.3 is 15.1 Å². The van der Waals surface area contributed by atoms with E-state index < -0.39 is 0 Å². The van der Waals surface area contributed by atoms with E-state index in [-0.39, 0.29) is 29.5 Å². The summed E-state index contributed by atoms with van der Waals surface area (Å²) in [5, 5.41) is 3.07. The van der Waals surface area contributed by atoms with Crippen molar-refractivity contribution in [3.63, 3.8) is 0 Å². The zero-order valence-corrected chi connectivity index (χ0v) is 19.5. The summed E-state index contributed by atoms with van der Waals surface area (Å²) in [6.45, 7) is 5.10. The summed E-state index contributed by atoms with van der Waals surface area (Å²) < 4.78 is 13.3. The van der Waals surface area contributed by atoms with E-state index in [0.29, 0.717) is 18.7 Å². The molecule has 1 N–H and O–H groups in total. The van der Waals surface area contributed by atoms with Crippen LogP contribution in [-0.2, 0) is 11.3 Å². The topological polar surface area (TPSA) is 52.7 Å². The Bertz CT molecular complexity index is 935. The Labute approximate surface area is 190 Å². The zero-order valence-electron chi connectivity index (χ0n) is 19.5. The second-order valence-corrected chi connectivity index (χ2v) is 9.29. The van der Waals surface area contributed by atoms with Crippen LogP contribution < -0.4 is 10.2 Å². The summed E-state index contributed by atoms with van der Waals surface area (Å²) in [5.41, 5.74) is 3.16. The SMILES string of the molecule is CC(C)CN(Cc1cc(NC(=O)C2CCCC2)ccc1N(C)C)C(=O)c1ccc(F)cc1. The fraction of sp³-hybridized carbons (Fsp3) is 0.462. The molecule has 1 aliphatic rings. The zero-order chi connectivity index (χ0) is 23.3. The third kappa shape index (κ3) is 6.09. The van der Waals surface area contributed by atoms with Crippen LogP contribution >= 0.6 is 0 Å². The number of carbonyl (C=O) groups is 2. The Kier molecular flexibility index (Phi) is 7.89. The Hall–Kier alpha value is -2.89. The molecule has 2 aromatic carbocycles. The number of halogens is 1. The van der Waals surface area contributed by atoms with Gasteiger partial charge >= 0.3 is 0 Å². The van der Waals surface area contributed by atoms with Gasteiger partial charge in [-0.1, -0.05) is 26.7 Å². The normalized spacial score (nSPS) is 13.9. The van der Waals surface area contributed by atoms with Gasteiger partial charge in [-0.3, -0.25) is 9.59 Å². The molecule has 5 nitrogen and oxygen atoms in total. The number of nitrogens with zero attached hydrogens (tertiary/aromatic N) is 2. The Balaban J connectivity index is 1.86. The van der Waals surface area contributed by atoms with Gasteiger partial charge in [-0.05, 0) is 66.8 Å². The van der Waals surface area contributed by atoms with Gasteiger partial charge in [-0.25, -0.2) is 4.39 Å². The highest BCUT2D eigenvalue weighted by Crippen LogP contribution is 2.29. The van der Waals surface area contributed by atoms with Gasteiger partial charge in [0.2, 0.25) is 5.91 Å². The molecule has 0 bridgehead atoms. The molecule has 0 aliphatic heterocycles. The van der Waals surface area contributed by atoms with E-state index in [4.69, 9.17) is 0 Å². The minimum atomic E-state index is -0.363. The van der Waals surface area contributed by atoms with Crippen molar-refractivity contribution in [1.82, 2.24) is 4.90 Å². The molecule has 0 spiro atoms. The molecule has 1 saturated carbocycles. The smallest absolute Gasteiger partial charge is 0.254 e. The molecule has 3 rings (SSSR count). The summed E-state index contributed by atoms with van der Waals surface area (Å²) in [4.78, 5) is 29.7. The highest BCUT2D eigenvalue weighted by atomic mass is 19.1. The largest absolute Gasteiger partial charge is 0.377 e. The van der Waals surface area contributed by atoms with Crippen molar-refractivity contribution >= 4 is 23.2 Å². The van der Waals surface area contributed by atoms with Crippen LogP contribution in [0.3, 0.4) is 0 Å². The molecule has 0 saturated heterocycles. The van der Waals surface area contributed by atoms with Crippen LogP contribution in [0, 0.1) is 17.7 Å². The number of hydrogen-bond donors (Lipinski definition) is 1. The molecule has 2 amide bonds. The van der Waals surface area contributed by atoms with E-state index in [1.807, 2.05) is 37.2 Å². The quantitative estimate of drug-likeness (QED) is 0.606. The van der Waals surface area contributed by atoms with Gasteiger partial charge in [0.05, 0.1) is 0 Å². The summed E-state index contributed by atoms with van der Waals surface area (Å²) in [5.74, 6) is -0.0641. The van der Waals surface area contributed by atoms with Crippen LogP contribution in [0.5, 0.6) is 0 Å². The van der Waals surface area contributed by atoms with Gasteiger partial charge in [0.1, 0.15) is 5.82 Å². The average Bonchev–Trinajstić information content (AvgIpc) is 3.28. The molecule has 0 atom stereocenters. The van der Waals surface area contributed by atoms with Crippen LogP contribution in [0.15, 0.2) is 42.5 Å². The van der Waals surface area contributed by atoms with Crippen molar-refractivity contribution in [1.29, 1.82) is 0 Å². The van der Waals surface area contributed by atoms with Crippen molar-refractivity contribution in [2.75, 3.05) is 30.9 Å². The van der Waals surface area contributed by atoms with Crippen LogP contribution in [-0.4, -0.2) is 37.4 Å². The Morgan fingerprint density at radius 2 is 1.72 bits per heavy atom. The second kappa shape index (κ2) is 10.6. The minimum absolute atomic E-state index is 0.0764. The lowest BCUT2D eigenvalue weighted by Crippen LogP contribution is -2.34. The van der Waals surface area contributed by atoms with Crippen molar-refractivity contribution in [2.45, 2.75) is 46.1 Å². The monoisotopic (exact) mass is 439 g/mol. The maximum Gasteiger partial charge on any atom is 0.254 e. The molecule has 0 aromatic heterocycles. The predicted octanol–water partition coefficient (Wildman–Crippen LogP) is 5.32. The van der Waals surface area contributed by atoms with E-state index in [1.54, 1.807) is 4.90 Å². The van der Waals surface area contributed by atoms with E-state index in [1.165, 1.54) is 24.3 Å². The molecule has 0 heterocycles. The summed E-state index contributed by atoms with van der Waals surface area (Å²) in [7, 11) is 3.92. The molecule has 0 radical (unpaired) electrons. The van der Waals surface area contributed by atoms with Gasteiger partial charge in [-0.15, -0.1) is 0 Å². The van der Waals surface area contributed by atoms with Crippen LogP contribution in [0.1, 0.15) is 55.5 Å². The number of anilines is 2. The van der Waals surface area contributed by atoms with Gasteiger partial charge in [0.15, 0.2) is 0 Å². The lowest BCUT2D eigenvalue weighted by atomic mass is 10.1. The van der Waals surface area contributed by atoms with Gasteiger partial charge in [-0.2, -0.15) is 0 Å². The average molecular weight is 440 g/mol. The number of amides is 2. The van der Waals surface area contributed by atoms with E-state index in [9.17, 15) is 14.0 Å². The first-order chi connectivity index (χ1) is 15.2. The second-order valence-electron chi connectivity index (χ2n) is 9.29. The molecule has 1 aliphatic carbocycles. The number of benzene rings is 2. The van der Waals surface area contributed by atoms with Gasteiger partial charge in [0.25, 0.3) is 5.91 Å². The first-order valence-corrected chi connectivity index (χ1v) is 11.4. The van der Waals surface area contributed by atoms with Crippen molar-refractivity contribution in [2.24, 2.45) is 11.8 Å². The summed E-state index contributed by atoms with van der Waals surface area (Å²) >= 11 is 0. The number of rotatable bonds is 8. The van der Waals surface area contributed by atoms with Crippen LogP contribution in [0.2, 0.25) is 0 Å². The first-order valence-electron chi connectivity index (χ1n) is 11.4. The molecule has 1 fully saturated rings. The highest BCUT2D eigenvalue weighted by Gasteiger charge is 2.24. The number of nitrogens with one attached hydrogen (secondary N) is 1. The lowest BCUT2D eigenvalue weighted by Gasteiger charge is -2.28. The van der Waals surface area contributed by atoms with Crippen molar-refractivity contribution in [3.05, 3.63) is 59.4 Å². The van der Waals surface area contributed by atoms with Crippen LogP contribution in [0.4, 0.5) is 15.8 Å². The number of hydrogen-bond acceptors (Lipinski definition) is 3. The minimum Gasteiger partial charge on any atom is -0.377 e. The summed E-state index contributed by atoms with van der Waals surface area (Å²) in [6.07, 6.45) is 4.11. The fourth-order valence-corrected chi connectivity index (χ4v) is 4.30. The summed E-state index contributed by atoms with van der Waals surface area (Å²) in [6, 6.07) is 11.5. The van der Waals surface area contributed by atoms with Gasteiger partial charge in [0, 0.05) is 50.0 Å². The third-order valence-corrected chi connectivity index (χ3v) is 5.88. The molecule has 2 aromatic rings. The molecular weight excluding hydrogens is 405 g/mol. The molecule has 32 heavy (non-hydrogen) atoms.